The van der Waals surface area contributed by atoms with Gasteiger partial charge in [0.05, 0.1) is 17.7 Å². The van der Waals surface area contributed by atoms with Crippen LogP contribution in [0, 0.1) is 0 Å². The van der Waals surface area contributed by atoms with Gasteiger partial charge in [0.15, 0.2) is 5.96 Å². The van der Waals surface area contributed by atoms with Gasteiger partial charge in [0.2, 0.25) is 0 Å². The first-order chi connectivity index (χ1) is 13.1. The summed E-state index contributed by atoms with van der Waals surface area (Å²) in [5.74, 6) is 0.116. The first kappa shape index (κ1) is 22.2. The molecule has 1 aliphatic heterocycles. The standard InChI is InChI=1S/C20H21ClN4O2.HI/c1-2-22-20(24-13-14-6-5-7-15(21)12-14)23-10-11-25-18(26)16-8-3-4-9-17(16)19(25)27;/h3-9,12H,2,10-11,13H2,1H3,(H2,22,23,24);1H. The van der Waals surface area contributed by atoms with Gasteiger partial charge in [-0.2, -0.15) is 0 Å². The second kappa shape index (κ2) is 10.4. The molecule has 2 aromatic carbocycles. The zero-order valence-electron chi connectivity index (χ0n) is 15.4. The summed E-state index contributed by atoms with van der Waals surface area (Å²) in [4.78, 5) is 30.5. The van der Waals surface area contributed by atoms with Crippen molar-refractivity contribution in [1.29, 1.82) is 0 Å². The van der Waals surface area contributed by atoms with Gasteiger partial charge >= 0.3 is 0 Å². The maximum absolute atomic E-state index is 12.4. The van der Waals surface area contributed by atoms with Crippen LogP contribution < -0.4 is 10.6 Å². The third kappa shape index (κ3) is 5.23. The lowest BCUT2D eigenvalue weighted by molar-refractivity contribution is 0.0657. The molecule has 8 heteroatoms. The van der Waals surface area contributed by atoms with Gasteiger partial charge in [-0.05, 0) is 36.8 Å². The van der Waals surface area contributed by atoms with Crippen LogP contribution in [0.1, 0.15) is 33.2 Å². The normalized spacial score (nSPS) is 13.2. The molecule has 0 bridgehead atoms. The molecular formula is C20H22ClIN4O2. The number of fused-ring (bicyclic) bond motifs is 1. The van der Waals surface area contributed by atoms with Crippen LogP contribution >= 0.6 is 35.6 Å². The molecule has 0 aliphatic carbocycles. The van der Waals surface area contributed by atoms with Crippen LogP contribution in [0.5, 0.6) is 0 Å². The zero-order chi connectivity index (χ0) is 19.2. The molecule has 0 radical (unpaired) electrons. The molecule has 2 amide bonds. The van der Waals surface area contributed by atoms with Crippen LogP contribution in [-0.2, 0) is 6.54 Å². The molecule has 0 unspecified atom stereocenters. The van der Waals surface area contributed by atoms with E-state index in [1.807, 2.05) is 31.2 Å². The molecule has 6 nitrogen and oxygen atoms in total. The van der Waals surface area contributed by atoms with Crippen LogP contribution in [-0.4, -0.2) is 42.3 Å². The van der Waals surface area contributed by atoms with Crippen LogP contribution in [0.15, 0.2) is 53.5 Å². The van der Waals surface area contributed by atoms with E-state index in [4.69, 9.17) is 11.6 Å². The molecule has 0 aromatic heterocycles. The topological polar surface area (TPSA) is 73.8 Å². The van der Waals surface area contributed by atoms with E-state index in [-0.39, 0.29) is 42.3 Å². The number of benzene rings is 2. The Morgan fingerprint density at radius 1 is 1.04 bits per heavy atom. The first-order valence-corrected chi connectivity index (χ1v) is 9.19. The lowest BCUT2D eigenvalue weighted by atomic mass is 10.1. The number of imide groups is 1. The van der Waals surface area contributed by atoms with E-state index in [0.29, 0.717) is 41.7 Å². The molecule has 3 rings (SSSR count). The molecule has 0 spiro atoms. The summed E-state index contributed by atoms with van der Waals surface area (Å²) < 4.78 is 0. The fourth-order valence-electron chi connectivity index (χ4n) is 2.88. The highest BCUT2D eigenvalue weighted by atomic mass is 127. The molecule has 0 atom stereocenters. The van der Waals surface area contributed by atoms with Crippen molar-refractivity contribution >= 4 is 53.4 Å². The number of aliphatic imine (C=N–C) groups is 1. The Kier molecular flexibility index (Phi) is 8.25. The molecule has 148 valence electrons. The second-order valence-corrected chi connectivity index (χ2v) is 6.50. The van der Waals surface area contributed by atoms with E-state index in [9.17, 15) is 9.59 Å². The van der Waals surface area contributed by atoms with Gasteiger partial charge in [-0.25, -0.2) is 4.99 Å². The highest BCUT2D eigenvalue weighted by Crippen LogP contribution is 2.21. The lowest BCUT2D eigenvalue weighted by Crippen LogP contribution is -2.43. The van der Waals surface area contributed by atoms with Gasteiger partial charge in [0, 0.05) is 24.7 Å². The second-order valence-electron chi connectivity index (χ2n) is 6.06. The number of carbonyl (C=O) groups excluding carboxylic acids is 2. The van der Waals surface area contributed by atoms with E-state index in [1.54, 1.807) is 24.3 Å². The number of amides is 2. The molecule has 2 N–H and O–H groups in total. The predicted molar refractivity (Wildman–Crippen MR) is 121 cm³/mol. The zero-order valence-corrected chi connectivity index (χ0v) is 18.5. The van der Waals surface area contributed by atoms with Gasteiger partial charge in [-0.1, -0.05) is 35.9 Å². The number of nitrogens with zero attached hydrogens (tertiary/aromatic N) is 2. The summed E-state index contributed by atoms with van der Waals surface area (Å²) in [6, 6.07) is 14.4. The monoisotopic (exact) mass is 512 g/mol. The van der Waals surface area contributed by atoms with Crippen LogP contribution in [0.25, 0.3) is 0 Å². The number of halogens is 2. The van der Waals surface area contributed by atoms with Gasteiger partial charge < -0.3 is 10.6 Å². The Morgan fingerprint density at radius 3 is 2.32 bits per heavy atom. The van der Waals surface area contributed by atoms with Gasteiger partial charge in [-0.3, -0.25) is 14.5 Å². The summed E-state index contributed by atoms with van der Waals surface area (Å²) in [6.45, 7) is 3.83. The fraction of sp³-hybridized carbons (Fsp3) is 0.250. The maximum Gasteiger partial charge on any atom is 0.261 e. The molecule has 2 aromatic rings. The average Bonchev–Trinajstić information content (AvgIpc) is 2.91. The van der Waals surface area contributed by atoms with E-state index >= 15 is 0 Å². The minimum Gasteiger partial charge on any atom is -0.357 e. The summed E-state index contributed by atoms with van der Waals surface area (Å²) >= 11 is 5.99. The predicted octanol–water partition coefficient (Wildman–Crippen LogP) is 3.31. The third-order valence-corrected chi connectivity index (χ3v) is 4.39. The molecule has 1 aliphatic rings. The summed E-state index contributed by atoms with van der Waals surface area (Å²) in [5, 5.41) is 6.98. The van der Waals surface area contributed by atoms with Crippen LogP contribution in [0.2, 0.25) is 5.02 Å². The summed E-state index contributed by atoms with van der Waals surface area (Å²) in [6.07, 6.45) is 0. The molecular weight excluding hydrogens is 491 g/mol. The molecule has 0 saturated carbocycles. The highest BCUT2D eigenvalue weighted by molar-refractivity contribution is 14.0. The van der Waals surface area contributed by atoms with Crippen LogP contribution in [0.4, 0.5) is 0 Å². The van der Waals surface area contributed by atoms with Crippen molar-refractivity contribution < 1.29 is 9.59 Å². The van der Waals surface area contributed by atoms with Gasteiger partial charge in [-0.15, -0.1) is 24.0 Å². The Morgan fingerprint density at radius 2 is 1.71 bits per heavy atom. The Labute approximate surface area is 186 Å². The van der Waals surface area contributed by atoms with Crippen molar-refractivity contribution in [3.8, 4) is 0 Å². The minimum absolute atomic E-state index is 0. The van der Waals surface area contributed by atoms with E-state index in [1.165, 1.54) is 4.90 Å². The quantitative estimate of drug-likeness (QED) is 0.270. The molecule has 0 saturated heterocycles. The lowest BCUT2D eigenvalue weighted by Gasteiger charge is -2.16. The van der Waals surface area contributed by atoms with Gasteiger partial charge in [0.1, 0.15) is 0 Å². The number of hydrogen-bond acceptors (Lipinski definition) is 3. The number of carbonyl (C=O) groups is 2. The van der Waals surface area contributed by atoms with Gasteiger partial charge in [0.25, 0.3) is 11.8 Å². The Hall–Kier alpha value is -2.13. The highest BCUT2D eigenvalue weighted by Gasteiger charge is 2.34. The van der Waals surface area contributed by atoms with Crippen molar-refractivity contribution in [3.05, 3.63) is 70.2 Å². The van der Waals surface area contributed by atoms with E-state index in [0.717, 1.165) is 5.56 Å². The van der Waals surface area contributed by atoms with Crippen LogP contribution in [0.3, 0.4) is 0 Å². The number of hydrogen-bond donors (Lipinski definition) is 2. The molecule has 1 heterocycles. The van der Waals surface area contributed by atoms with E-state index < -0.39 is 0 Å². The van der Waals surface area contributed by atoms with Crippen molar-refractivity contribution in [3.63, 3.8) is 0 Å². The third-order valence-electron chi connectivity index (χ3n) is 4.16. The van der Waals surface area contributed by atoms with Crippen molar-refractivity contribution in [2.45, 2.75) is 13.5 Å². The molecule has 0 fully saturated rings. The smallest absolute Gasteiger partial charge is 0.261 e. The minimum atomic E-state index is -0.252. The number of nitrogens with one attached hydrogen (secondary N) is 2. The van der Waals surface area contributed by atoms with Crippen molar-refractivity contribution in [1.82, 2.24) is 15.5 Å². The average molecular weight is 513 g/mol. The Bertz CT molecular complexity index is 853. The maximum atomic E-state index is 12.4. The van der Waals surface area contributed by atoms with Crippen molar-refractivity contribution in [2.75, 3.05) is 19.6 Å². The number of guanidine groups is 1. The summed E-state index contributed by atoms with van der Waals surface area (Å²) in [5.41, 5.74) is 1.92. The largest absolute Gasteiger partial charge is 0.357 e. The SMILES string of the molecule is CCNC(=NCc1cccc(Cl)c1)NCCN1C(=O)c2ccccc2C1=O.I. The first-order valence-electron chi connectivity index (χ1n) is 8.82. The van der Waals surface area contributed by atoms with Crippen molar-refractivity contribution in [2.24, 2.45) is 4.99 Å². The Balaban J connectivity index is 0.00000280. The number of rotatable bonds is 6. The van der Waals surface area contributed by atoms with E-state index in [2.05, 4.69) is 15.6 Å². The summed E-state index contributed by atoms with van der Waals surface area (Å²) in [7, 11) is 0. The molecule has 28 heavy (non-hydrogen) atoms. The fourth-order valence-corrected chi connectivity index (χ4v) is 3.09.